The first-order chi connectivity index (χ1) is 11.0. The van der Waals surface area contributed by atoms with E-state index in [9.17, 15) is 4.79 Å². The standard InChI is InChI=1S/C18H23N3O2/c1-12(2)18-15-11-20(3)9-8-16(15)21(19-18)14-6-4-13(5-7-14)10-17(22)23/h4-7,12H,8-11H2,1-3H3,(H,22,23). The van der Waals surface area contributed by atoms with E-state index in [4.69, 9.17) is 10.2 Å². The van der Waals surface area contributed by atoms with Gasteiger partial charge in [-0.1, -0.05) is 26.0 Å². The van der Waals surface area contributed by atoms with Crippen LogP contribution >= 0.6 is 0 Å². The van der Waals surface area contributed by atoms with Crippen LogP contribution in [0.1, 0.15) is 42.3 Å². The van der Waals surface area contributed by atoms with Crippen molar-refractivity contribution >= 4 is 5.97 Å². The van der Waals surface area contributed by atoms with E-state index in [1.54, 1.807) is 0 Å². The van der Waals surface area contributed by atoms with Crippen molar-refractivity contribution in [1.29, 1.82) is 0 Å². The summed E-state index contributed by atoms with van der Waals surface area (Å²) in [6, 6.07) is 7.69. The van der Waals surface area contributed by atoms with Gasteiger partial charge in [0.2, 0.25) is 0 Å². The van der Waals surface area contributed by atoms with E-state index in [0.29, 0.717) is 5.92 Å². The van der Waals surface area contributed by atoms with Gasteiger partial charge in [-0.05, 0) is 30.7 Å². The summed E-state index contributed by atoms with van der Waals surface area (Å²) in [5.74, 6) is -0.415. The highest BCUT2D eigenvalue weighted by molar-refractivity contribution is 5.70. The molecule has 0 unspecified atom stereocenters. The number of benzene rings is 1. The summed E-state index contributed by atoms with van der Waals surface area (Å²) in [5.41, 5.74) is 5.63. The van der Waals surface area contributed by atoms with Crippen molar-refractivity contribution in [3.63, 3.8) is 0 Å². The lowest BCUT2D eigenvalue weighted by atomic mass is 9.99. The minimum atomic E-state index is -0.806. The van der Waals surface area contributed by atoms with Gasteiger partial charge in [0.05, 0.1) is 23.5 Å². The van der Waals surface area contributed by atoms with Crippen LogP contribution in [0.2, 0.25) is 0 Å². The maximum absolute atomic E-state index is 10.8. The summed E-state index contributed by atoms with van der Waals surface area (Å²) in [7, 11) is 2.14. The smallest absolute Gasteiger partial charge is 0.307 e. The third kappa shape index (κ3) is 3.15. The highest BCUT2D eigenvalue weighted by atomic mass is 16.4. The van der Waals surface area contributed by atoms with E-state index in [-0.39, 0.29) is 6.42 Å². The van der Waals surface area contributed by atoms with E-state index >= 15 is 0 Å². The van der Waals surface area contributed by atoms with Gasteiger partial charge in [-0.25, -0.2) is 4.68 Å². The Hall–Kier alpha value is -2.14. The lowest BCUT2D eigenvalue weighted by molar-refractivity contribution is -0.136. The second-order valence-electron chi connectivity index (χ2n) is 6.60. The van der Waals surface area contributed by atoms with Crippen LogP contribution in [0.5, 0.6) is 0 Å². The predicted molar refractivity (Wildman–Crippen MR) is 89.0 cm³/mol. The maximum atomic E-state index is 10.8. The molecule has 122 valence electrons. The van der Waals surface area contributed by atoms with Crippen molar-refractivity contribution < 1.29 is 9.90 Å². The van der Waals surface area contributed by atoms with E-state index in [1.165, 1.54) is 17.0 Å². The van der Waals surface area contributed by atoms with Crippen molar-refractivity contribution in [2.24, 2.45) is 0 Å². The van der Waals surface area contributed by atoms with E-state index < -0.39 is 5.97 Å². The minimum Gasteiger partial charge on any atom is -0.481 e. The zero-order valence-corrected chi connectivity index (χ0v) is 13.9. The number of rotatable bonds is 4. The molecule has 0 saturated carbocycles. The second kappa shape index (κ2) is 6.16. The lowest BCUT2D eigenvalue weighted by Crippen LogP contribution is -2.27. The molecule has 0 amide bonds. The first-order valence-corrected chi connectivity index (χ1v) is 8.06. The molecule has 0 spiro atoms. The fourth-order valence-corrected chi connectivity index (χ4v) is 3.19. The molecule has 2 aromatic rings. The molecule has 5 nitrogen and oxygen atoms in total. The molecule has 1 aromatic carbocycles. The molecule has 0 radical (unpaired) electrons. The Morgan fingerprint density at radius 1 is 1.30 bits per heavy atom. The number of likely N-dealkylation sites (N-methyl/N-ethyl adjacent to an activating group) is 1. The third-order valence-electron chi connectivity index (χ3n) is 4.36. The van der Waals surface area contributed by atoms with Gasteiger partial charge >= 0.3 is 5.97 Å². The number of aromatic nitrogens is 2. The Balaban J connectivity index is 1.99. The van der Waals surface area contributed by atoms with Crippen molar-refractivity contribution in [2.75, 3.05) is 13.6 Å². The molecule has 3 rings (SSSR count). The molecular formula is C18H23N3O2. The minimum absolute atomic E-state index is 0.0551. The van der Waals surface area contributed by atoms with Crippen molar-refractivity contribution in [1.82, 2.24) is 14.7 Å². The Kier molecular flexibility index (Phi) is 4.22. The Labute approximate surface area is 136 Å². The zero-order valence-electron chi connectivity index (χ0n) is 13.9. The molecule has 2 heterocycles. The van der Waals surface area contributed by atoms with Gasteiger partial charge in [0.25, 0.3) is 0 Å². The monoisotopic (exact) mass is 313 g/mol. The van der Waals surface area contributed by atoms with Crippen molar-refractivity contribution in [3.05, 3.63) is 46.8 Å². The number of carbonyl (C=O) groups is 1. The van der Waals surface area contributed by atoms with Gasteiger partial charge in [0.1, 0.15) is 0 Å². The summed E-state index contributed by atoms with van der Waals surface area (Å²) in [6.45, 7) is 6.34. The first-order valence-electron chi connectivity index (χ1n) is 8.06. The summed E-state index contributed by atoms with van der Waals surface area (Å²) >= 11 is 0. The maximum Gasteiger partial charge on any atom is 0.307 e. The predicted octanol–water partition coefficient (Wildman–Crippen LogP) is 2.61. The van der Waals surface area contributed by atoms with Crippen LogP contribution in [-0.2, 0) is 24.2 Å². The molecular weight excluding hydrogens is 290 g/mol. The van der Waals surface area contributed by atoms with Crippen LogP contribution in [0.25, 0.3) is 5.69 Å². The molecule has 0 saturated heterocycles. The first kappa shape index (κ1) is 15.7. The SMILES string of the molecule is CC(C)c1nn(-c2ccc(CC(=O)O)cc2)c2c1CN(C)CC2. The molecule has 5 heteroatoms. The lowest BCUT2D eigenvalue weighted by Gasteiger charge is -2.24. The number of carboxylic acids is 1. The average molecular weight is 313 g/mol. The van der Waals surface area contributed by atoms with E-state index in [1.807, 2.05) is 28.9 Å². The number of hydrogen-bond acceptors (Lipinski definition) is 3. The van der Waals surface area contributed by atoms with Gasteiger partial charge in [0, 0.05) is 25.1 Å². The molecule has 23 heavy (non-hydrogen) atoms. The Morgan fingerprint density at radius 3 is 2.61 bits per heavy atom. The summed E-state index contributed by atoms with van der Waals surface area (Å²) < 4.78 is 2.04. The van der Waals surface area contributed by atoms with Crippen LogP contribution in [0.15, 0.2) is 24.3 Å². The molecule has 1 N–H and O–H groups in total. The Bertz CT molecular complexity index is 717. The normalized spacial score (nSPS) is 15.0. The molecule has 0 bridgehead atoms. The van der Waals surface area contributed by atoms with E-state index in [0.717, 1.165) is 30.8 Å². The fraction of sp³-hybridized carbons (Fsp3) is 0.444. The van der Waals surface area contributed by atoms with Gasteiger partial charge in [0.15, 0.2) is 0 Å². The van der Waals surface area contributed by atoms with Crippen molar-refractivity contribution in [2.45, 2.75) is 39.2 Å². The molecule has 0 atom stereocenters. The summed E-state index contributed by atoms with van der Waals surface area (Å²) in [5, 5.41) is 13.7. The van der Waals surface area contributed by atoms with Crippen LogP contribution < -0.4 is 0 Å². The van der Waals surface area contributed by atoms with Crippen LogP contribution in [0, 0.1) is 0 Å². The fourth-order valence-electron chi connectivity index (χ4n) is 3.19. The van der Waals surface area contributed by atoms with E-state index in [2.05, 4.69) is 25.8 Å². The quantitative estimate of drug-likeness (QED) is 0.942. The molecule has 1 aliphatic heterocycles. The van der Waals surface area contributed by atoms with Gasteiger partial charge in [-0.2, -0.15) is 5.10 Å². The van der Waals surface area contributed by atoms with Crippen LogP contribution in [-0.4, -0.2) is 39.3 Å². The van der Waals surface area contributed by atoms with Gasteiger partial charge < -0.3 is 10.0 Å². The van der Waals surface area contributed by atoms with Crippen molar-refractivity contribution in [3.8, 4) is 5.69 Å². The zero-order chi connectivity index (χ0) is 16.6. The average Bonchev–Trinajstić information content (AvgIpc) is 2.86. The highest BCUT2D eigenvalue weighted by Gasteiger charge is 2.25. The molecule has 1 aliphatic rings. The number of nitrogens with zero attached hydrogens (tertiary/aromatic N) is 3. The Morgan fingerprint density at radius 2 is 2.00 bits per heavy atom. The number of fused-ring (bicyclic) bond motifs is 1. The molecule has 0 aliphatic carbocycles. The van der Waals surface area contributed by atoms with Crippen LogP contribution in [0.3, 0.4) is 0 Å². The molecule has 0 fully saturated rings. The molecule has 1 aromatic heterocycles. The number of aliphatic carboxylic acids is 1. The van der Waals surface area contributed by atoms with Crippen LogP contribution in [0.4, 0.5) is 0 Å². The van der Waals surface area contributed by atoms with Gasteiger partial charge in [-0.15, -0.1) is 0 Å². The van der Waals surface area contributed by atoms with Gasteiger partial charge in [-0.3, -0.25) is 4.79 Å². The summed E-state index contributed by atoms with van der Waals surface area (Å²) in [4.78, 5) is 13.1. The topological polar surface area (TPSA) is 58.4 Å². The largest absolute Gasteiger partial charge is 0.481 e. The third-order valence-corrected chi connectivity index (χ3v) is 4.36. The second-order valence-corrected chi connectivity index (χ2v) is 6.60. The summed E-state index contributed by atoms with van der Waals surface area (Å²) in [6.07, 6.45) is 1.04. The number of carboxylic acid groups (broad SMARTS) is 1. The number of hydrogen-bond donors (Lipinski definition) is 1. The highest BCUT2D eigenvalue weighted by Crippen LogP contribution is 2.29.